The molecule has 1 atom stereocenters. The monoisotopic (exact) mass is 655 g/mol. The Labute approximate surface area is 248 Å². The molecule has 0 bridgehead atoms. The average Bonchev–Trinajstić information content (AvgIpc) is 3.49. The van der Waals surface area contributed by atoms with E-state index in [1.807, 2.05) is 32.2 Å². The van der Waals surface area contributed by atoms with Crippen LogP contribution in [0.2, 0.25) is 0 Å². The molecular weight excluding hydrogens is 621 g/mol. The van der Waals surface area contributed by atoms with Gasteiger partial charge >= 0.3 is 11.9 Å². The minimum absolute atomic E-state index is 0.134. The lowest BCUT2D eigenvalue weighted by Gasteiger charge is -2.28. The first kappa shape index (κ1) is 28.2. The largest absolute Gasteiger partial charge is 0.481 e. The van der Waals surface area contributed by atoms with E-state index in [0.29, 0.717) is 48.8 Å². The minimum atomic E-state index is -0.749. The lowest BCUT2D eigenvalue weighted by Crippen LogP contribution is -2.29. The molecule has 1 saturated heterocycles. The first-order chi connectivity index (χ1) is 19.2. The van der Waals surface area contributed by atoms with Gasteiger partial charge in [0.1, 0.15) is 11.9 Å². The highest BCUT2D eigenvalue weighted by atomic mass is 127. The zero-order valence-electron chi connectivity index (χ0n) is 23.3. The summed E-state index contributed by atoms with van der Waals surface area (Å²) in [6.07, 6.45) is 3.40. The van der Waals surface area contributed by atoms with E-state index >= 15 is 0 Å². The fourth-order valence-electron chi connectivity index (χ4n) is 5.63. The molecule has 5 rings (SSSR count). The van der Waals surface area contributed by atoms with E-state index in [0.717, 1.165) is 45.5 Å². The molecule has 2 fully saturated rings. The van der Waals surface area contributed by atoms with Gasteiger partial charge in [0.05, 0.1) is 22.8 Å². The lowest BCUT2D eigenvalue weighted by atomic mass is 9.87. The molecule has 210 valence electrons. The van der Waals surface area contributed by atoms with Crippen LogP contribution in [-0.2, 0) is 16.6 Å². The summed E-state index contributed by atoms with van der Waals surface area (Å²) in [6, 6.07) is 7.91. The van der Waals surface area contributed by atoms with E-state index in [2.05, 4.69) is 57.4 Å². The molecule has 0 radical (unpaired) electrons. The van der Waals surface area contributed by atoms with Crippen LogP contribution in [0.3, 0.4) is 0 Å². The number of benzene rings is 1. The molecule has 0 spiro atoms. The van der Waals surface area contributed by atoms with Gasteiger partial charge in [-0.25, -0.2) is 4.98 Å². The molecule has 3 aromatic rings. The van der Waals surface area contributed by atoms with Gasteiger partial charge in [-0.3, -0.25) is 19.2 Å². The number of amides is 1. The van der Waals surface area contributed by atoms with E-state index < -0.39 is 5.97 Å². The molecule has 1 aliphatic carbocycles. The van der Waals surface area contributed by atoms with Gasteiger partial charge in [-0.05, 0) is 110 Å². The van der Waals surface area contributed by atoms with Crippen LogP contribution in [0, 0.1) is 34.2 Å². The van der Waals surface area contributed by atoms with E-state index in [-0.39, 0.29) is 17.9 Å². The SMILES string of the molecule is CC#CC(=O)N(c1ccc2c(n1)c(O[C@H]1CC[C@H](C(=O)O)CC1)nn2C)c1cc(C)c(I)cc1N1CCC(C)C1. The third-order valence-corrected chi connectivity index (χ3v) is 9.04. The van der Waals surface area contributed by atoms with Crippen molar-refractivity contribution >= 4 is 62.7 Å². The zero-order chi connectivity index (χ0) is 28.6. The number of hydrogen-bond acceptors (Lipinski definition) is 6. The molecule has 9 nitrogen and oxygen atoms in total. The molecule has 2 aromatic heterocycles. The molecule has 1 N–H and O–H groups in total. The molecule has 2 aliphatic rings. The Morgan fingerprint density at radius 3 is 2.58 bits per heavy atom. The Hall–Kier alpha value is -3.33. The predicted octanol–water partition coefficient (Wildman–Crippen LogP) is 5.44. The van der Waals surface area contributed by atoms with E-state index in [4.69, 9.17) is 9.72 Å². The van der Waals surface area contributed by atoms with Crippen LogP contribution in [0.5, 0.6) is 5.88 Å². The maximum atomic E-state index is 13.6. The van der Waals surface area contributed by atoms with Gasteiger partial charge in [0.15, 0.2) is 5.52 Å². The summed E-state index contributed by atoms with van der Waals surface area (Å²) in [4.78, 5) is 33.8. The first-order valence-electron chi connectivity index (χ1n) is 13.7. The highest BCUT2D eigenvalue weighted by molar-refractivity contribution is 14.1. The van der Waals surface area contributed by atoms with Crippen molar-refractivity contribution in [2.45, 2.75) is 59.0 Å². The highest BCUT2D eigenvalue weighted by Crippen LogP contribution is 2.40. The fraction of sp³-hybridized carbons (Fsp3) is 0.467. The van der Waals surface area contributed by atoms with Crippen molar-refractivity contribution < 1.29 is 19.4 Å². The smallest absolute Gasteiger partial charge is 0.308 e. The minimum Gasteiger partial charge on any atom is -0.481 e. The summed E-state index contributed by atoms with van der Waals surface area (Å²) in [5.74, 6) is 5.46. The molecule has 1 aromatic carbocycles. The number of halogens is 1. The molecular formula is C30H34IN5O4. The number of aliphatic carboxylic acids is 1. The van der Waals surface area contributed by atoms with Crippen LogP contribution in [0.15, 0.2) is 24.3 Å². The number of anilines is 3. The van der Waals surface area contributed by atoms with Gasteiger partial charge in [0.25, 0.3) is 5.88 Å². The van der Waals surface area contributed by atoms with E-state index in [1.54, 1.807) is 16.5 Å². The van der Waals surface area contributed by atoms with Crippen molar-refractivity contribution in [3.63, 3.8) is 0 Å². The summed E-state index contributed by atoms with van der Waals surface area (Å²) < 4.78 is 9.14. The predicted molar refractivity (Wildman–Crippen MR) is 163 cm³/mol. The number of pyridine rings is 1. The van der Waals surface area contributed by atoms with Crippen molar-refractivity contribution in [3.8, 4) is 17.7 Å². The maximum Gasteiger partial charge on any atom is 0.308 e. The van der Waals surface area contributed by atoms with Crippen LogP contribution < -0.4 is 14.5 Å². The van der Waals surface area contributed by atoms with Gasteiger partial charge in [-0.2, -0.15) is 0 Å². The zero-order valence-corrected chi connectivity index (χ0v) is 25.4. The summed E-state index contributed by atoms with van der Waals surface area (Å²) in [7, 11) is 1.83. The van der Waals surface area contributed by atoms with Gasteiger partial charge in [0, 0.05) is 23.7 Å². The van der Waals surface area contributed by atoms with Crippen molar-refractivity contribution in [1.29, 1.82) is 0 Å². The molecule has 1 unspecified atom stereocenters. The summed E-state index contributed by atoms with van der Waals surface area (Å²) >= 11 is 2.35. The third-order valence-electron chi connectivity index (χ3n) is 7.88. The number of carboxylic acids is 1. The van der Waals surface area contributed by atoms with Crippen molar-refractivity contribution in [3.05, 3.63) is 33.4 Å². The van der Waals surface area contributed by atoms with Crippen LogP contribution in [0.1, 0.15) is 51.5 Å². The summed E-state index contributed by atoms with van der Waals surface area (Å²) in [5.41, 5.74) is 4.15. The Morgan fingerprint density at radius 1 is 1.18 bits per heavy atom. The maximum absolute atomic E-state index is 13.6. The quantitative estimate of drug-likeness (QED) is 0.279. The van der Waals surface area contributed by atoms with E-state index in [9.17, 15) is 14.7 Å². The second kappa shape index (κ2) is 11.6. The van der Waals surface area contributed by atoms with Gasteiger partial charge in [-0.1, -0.05) is 12.8 Å². The van der Waals surface area contributed by atoms with Gasteiger partial charge < -0.3 is 14.7 Å². The van der Waals surface area contributed by atoms with Crippen molar-refractivity contribution in [2.24, 2.45) is 18.9 Å². The molecule has 1 saturated carbocycles. The number of carbonyl (C=O) groups is 2. The lowest BCUT2D eigenvalue weighted by molar-refractivity contribution is -0.143. The second-order valence-electron chi connectivity index (χ2n) is 10.8. The standard InChI is InChI=1S/C30H34IN5O4/c1-5-6-27(37)36(25-15-19(3)22(31)16-24(25)35-14-13-18(2)17-35)26-12-11-23-28(32-26)29(33-34(23)4)40-21-9-7-20(8-10-21)30(38)39/h11-12,15-16,18,20-21H,7-10,13-14,17H2,1-4H3,(H,38,39)/t18?,20-,21-. The van der Waals surface area contributed by atoms with Crippen LogP contribution >= 0.6 is 22.6 Å². The van der Waals surface area contributed by atoms with E-state index in [1.165, 1.54) is 0 Å². The average molecular weight is 656 g/mol. The van der Waals surface area contributed by atoms with Gasteiger partial charge in [-0.15, -0.1) is 5.10 Å². The number of aromatic nitrogens is 3. The number of fused-ring (bicyclic) bond motifs is 1. The number of carboxylic acid groups (broad SMARTS) is 1. The number of nitrogens with zero attached hydrogens (tertiary/aromatic N) is 5. The normalized spacial score (nSPS) is 20.7. The molecule has 1 amide bonds. The number of ether oxygens (including phenoxy) is 1. The van der Waals surface area contributed by atoms with Crippen molar-refractivity contribution in [1.82, 2.24) is 14.8 Å². The Bertz CT molecular complexity index is 1520. The Morgan fingerprint density at radius 2 is 1.93 bits per heavy atom. The second-order valence-corrected chi connectivity index (χ2v) is 12.0. The van der Waals surface area contributed by atoms with Crippen LogP contribution in [0.25, 0.3) is 11.0 Å². The third kappa shape index (κ3) is 5.61. The number of rotatable bonds is 6. The number of aryl methyl sites for hydroxylation is 2. The Balaban J connectivity index is 1.56. The van der Waals surface area contributed by atoms with Gasteiger partial charge in [0.2, 0.25) is 0 Å². The number of carbonyl (C=O) groups excluding carboxylic acids is 1. The van der Waals surface area contributed by atoms with Crippen LogP contribution in [-0.4, -0.2) is 50.9 Å². The molecule has 40 heavy (non-hydrogen) atoms. The number of hydrogen-bond donors (Lipinski definition) is 1. The molecule has 10 heteroatoms. The van der Waals surface area contributed by atoms with Crippen LogP contribution in [0.4, 0.5) is 17.2 Å². The molecule has 3 heterocycles. The summed E-state index contributed by atoms with van der Waals surface area (Å²) in [6.45, 7) is 7.79. The Kier molecular flexibility index (Phi) is 8.21. The highest BCUT2D eigenvalue weighted by Gasteiger charge is 2.30. The summed E-state index contributed by atoms with van der Waals surface area (Å²) in [5, 5.41) is 13.9. The topological polar surface area (TPSA) is 101 Å². The molecule has 1 aliphatic heterocycles. The first-order valence-corrected chi connectivity index (χ1v) is 14.8. The fourth-order valence-corrected chi connectivity index (χ4v) is 6.08. The van der Waals surface area contributed by atoms with Crippen molar-refractivity contribution in [2.75, 3.05) is 22.9 Å².